The highest BCUT2D eigenvalue weighted by molar-refractivity contribution is 5.73. The molecule has 4 heteroatoms. The molecule has 2 bridgehead atoms. The normalized spacial score (nSPS) is 35.9. The smallest absolute Gasteiger partial charge is 0.219 e. The zero-order valence-corrected chi connectivity index (χ0v) is 6.63. The van der Waals surface area contributed by atoms with Gasteiger partial charge in [0.25, 0.3) is 0 Å². The molecule has 0 aromatic rings. The second kappa shape index (κ2) is 2.46. The molecule has 0 saturated carbocycles. The molecule has 11 heavy (non-hydrogen) atoms. The quantitative estimate of drug-likeness (QED) is 0.459. The Labute approximate surface area is 65.9 Å². The van der Waals surface area contributed by atoms with E-state index in [0.29, 0.717) is 12.2 Å². The van der Waals surface area contributed by atoms with E-state index >= 15 is 0 Å². The van der Waals surface area contributed by atoms with Gasteiger partial charge in [-0.05, 0) is 0 Å². The lowest BCUT2D eigenvalue weighted by molar-refractivity contribution is -0.130. The van der Waals surface area contributed by atoms with Crippen LogP contribution in [0.5, 0.6) is 0 Å². The van der Waals surface area contributed by atoms with Crippen LogP contribution in [-0.4, -0.2) is 42.6 Å². The van der Waals surface area contributed by atoms with Gasteiger partial charge in [-0.25, -0.2) is 0 Å². The van der Waals surface area contributed by atoms with Crippen molar-refractivity contribution in [3.8, 4) is 0 Å². The first-order valence-electron chi connectivity index (χ1n) is 4.00. The Balaban J connectivity index is 2.02. The Hall–Kier alpha value is -0.610. The number of carbonyl (C=O) groups excluding carboxylic acids is 1. The van der Waals surface area contributed by atoms with Crippen molar-refractivity contribution in [1.29, 1.82) is 0 Å². The first-order valence-corrected chi connectivity index (χ1v) is 4.00. The number of nitrogens with zero attached hydrogens (tertiary/aromatic N) is 1. The molecule has 0 radical (unpaired) electrons. The third kappa shape index (κ3) is 1.23. The van der Waals surface area contributed by atoms with E-state index in [1.54, 1.807) is 6.92 Å². The number of nitrogens with one attached hydrogen (secondary N) is 2. The summed E-state index contributed by atoms with van der Waals surface area (Å²) in [5, 5.41) is 6.67. The van der Waals surface area contributed by atoms with Crippen molar-refractivity contribution in [2.45, 2.75) is 19.1 Å². The van der Waals surface area contributed by atoms with E-state index in [0.717, 1.165) is 19.6 Å². The molecule has 62 valence electrons. The molecule has 2 saturated heterocycles. The van der Waals surface area contributed by atoms with Crippen LogP contribution in [0.4, 0.5) is 0 Å². The molecule has 0 aromatic heterocycles. The number of carbonyl (C=O) groups is 1. The van der Waals surface area contributed by atoms with Gasteiger partial charge in [0, 0.05) is 32.6 Å². The molecule has 2 aliphatic rings. The van der Waals surface area contributed by atoms with Crippen molar-refractivity contribution >= 4 is 5.91 Å². The summed E-state index contributed by atoms with van der Waals surface area (Å²) in [4.78, 5) is 12.9. The zero-order chi connectivity index (χ0) is 7.84. The Bertz CT molecular complexity index is 171. The average Bonchev–Trinajstić information content (AvgIpc) is 2.30. The van der Waals surface area contributed by atoms with Gasteiger partial charge in [0.1, 0.15) is 0 Å². The Kier molecular flexibility index (Phi) is 1.58. The summed E-state index contributed by atoms with van der Waals surface area (Å²) in [7, 11) is 0. The van der Waals surface area contributed by atoms with Gasteiger partial charge in [0.05, 0.1) is 6.17 Å². The van der Waals surface area contributed by atoms with Crippen LogP contribution in [0.3, 0.4) is 0 Å². The molecule has 2 aliphatic heterocycles. The second-order valence-corrected chi connectivity index (χ2v) is 3.25. The molecular weight excluding hydrogens is 142 g/mol. The summed E-state index contributed by atoms with van der Waals surface area (Å²) in [5.74, 6) is 0.185. The highest BCUT2D eigenvalue weighted by atomic mass is 16.2. The minimum Gasteiger partial charge on any atom is -0.338 e. The fraction of sp³-hybridized carbons (Fsp3) is 0.857. The predicted octanol–water partition coefficient (Wildman–Crippen LogP) is -1.26. The van der Waals surface area contributed by atoms with Crippen LogP contribution in [0.2, 0.25) is 0 Å². The van der Waals surface area contributed by atoms with Crippen molar-refractivity contribution in [1.82, 2.24) is 15.5 Å². The molecular formula is C7H13N3O. The van der Waals surface area contributed by atoms with E-state index in [2.05, 4.69) is 10.6 Å². The fourth-order valence-electron chi connectivity index (χ4n) is 1.74. The average molecular weight is 155 g/mol. The molecule has 0 aromatic carbocycles. The van der Waals surface area contributed by atoms with Crippen LogP contribution in [0.25, 0.3) is 0 Å². The summed E-state index contributed by atoms with van der Waals surface area (Å²) in [6.07, 6.45) is 0.331. The third-order valence-corrected chi connectivity index (χ3v) is 2.34. The summed E-state index contributed by atoms with van der Waals surface area (Å²) in [5.41, 5.74) is 0. The van der Waals surface area contributed by atoms with Gasteiger partial charge in [-0.15, -0.1) is 0 Å². The van der Waals surface area contributed by atoms with Crippen molar-refractivity contribution in [3.05, 3.63) is 0 Å². The summed E-state index contributed by atoms with van der Waals surface area (Å²) in [6.45, 7) is 4.30. The van der Waals surface area contributed by atoms with Crippen molar-refractivity contribution in [3.63, 3.8) is 0 Å². The van der Waals surface area contributed by atoms with E-state index in [9.17, 15) is 4.79 Å². The van der Waals surface area contributed by atoms with Crippen LogP contribution in [0.1, 0.15) is 6.92 Å². The van der Waals surface area contributed by atoms with Crippen LogP contribution in [-0.2, 0) is 4.79 Å². The first-order chi connectivity index (χ1) is 5.25. The van der Waals surface area contributed by atoms with Crippen LogP contribution in [0, 0.1) is 0 Å². The lowest BCUT2D eigenvalue weighted by Gasteiger charge is -2.31. The minimum atomic E-state index is 0.185. The molecule has 0 aliphatic carbocycles. The van der Waals surface area contributed by atoms with Gasteiger partial charge in [-0.1, -0.05) is 0 Å². The van der Waals surface area contributed by atoms with Gasteiger partial charge < -0.3 is 4.90 Å². The van der Waals surface area contributed by atoms with Gasteiger partial charge >= 0.3 is 0 Å². The maximum atomic E-state index is 11.0. The van der Waals surface area contributed by atoms with Crippen molar-refractivity contribution in [2.24, 2.45) is 0 Å². The largest absolute Gasteiger partial charge is 0.338 e. The number of amides is 1. The number of piperazine rings is 1. The maximum absolute atomic E-state index is 11.0. The Morgan fingerprint density at radius 2 is 2.36 bits per heavy atom. The number of hydrogen-bond donors (Lipinski definition) is 2. The SMILES string of the molecule is CC(=O)N1CC2CNC(C1)N2. The molecule has 2 fully saturated rings. The minimum absolute atomic E-state index is 0.185. The number of fused-ring (bicyclic) bond motifs is 2. The van der Waals surface area contributed by atoms with Crippen molar-refractivity contribution < 1.29 is 4.79 Å². The first kappa shape index (κ1) is 7.06. The molecule has 2 rings (SSSR count). The highest BCUT2D eigenvalue weighted by Crippen LogP contribution is 2.07. The molecule has 4 nitrogen and oxygen atoms in total. The van der Waals surface area contributed by atoms with Crippen LogP contribution in [0.15, 0.2) is 0 Å². The van der Waals surface area contributed by atoms with Crippen molar-refractivity contribution in [2.75, 3.05) is 19.6 Å². The lowest BCUT2D eigenvalue weighted by atomic mass is 10.2. The van der Waals surface area contributed by atoms with E-state index < -0.39 is 0 Å². The number of hydrogen-bond acceptors (Lipinski definition) is 3. The van der Waals surface area contributed by atoms with E-state index in [4.69, 9.17) is 0 Å². The molecule has 2 unspecified atom stereocenters. The standard InChI is InChI=1S/C7H13N3O/c1-5(11)10-3-6-2-8-7(4-10)9-6/h6-9H,2-4H2,1H3. The number of rotatable bonds is 0. The topological polar surface area (TPSA) is 44.4 Å². The van der Waals surface area contributed by atoms with Gasteiger partial charge in [-0.3, -0.25) is 15.4 Å². The second-order valence-electron chi connectivity index (χ2n) is 3.25. The molecule has 0 spiro atoms. The van der Waals surface area contributed by atoms with Gasteiger partial charge in [0.15, 0.2) is 0 Å². The predicted molar refractivity (Wildman–Crippen MR) is 41.0 cm³/mol. The Morgan fingerprint density at radius 3 is 3.00 bits per heavy atom. The van der Waals surface area contributed by atoms with Gasteiger partial charge in [-0.2, -0.15) is 0 Å². The monoisotopic (exact) mass is 155 g/mol. The highest BCUT2D eigenvalue weighted by Gasteiger charge is 2.32. The van der Waals surface area contributed by atoms with E-state index in [1.807, 2.05) is 4.90 Å². The zero-order valence-electron chi connectivity index (χ0n) is 6.63. The third-order valence-electron chi connectivity index (χ3n) is 2.34. The Morgan fingerprint density at radius 1 is 1.55 bits per heavy atom. The maximum Gasteiger partial charge on any atom is 0.219 e. The van der Waals surface area contributed by atoms with E-state index in [-0.39, 0.29) is 5.91 Å². The summed E-state index contributed by atoms with van der Waals surface area (Å²) < 4.78 is 0. The van der Waals surface area contributed by atoms with Gasteiger partial charge in [0.2, 0.25) is 5.91 Å². The molecule has 2 heterocycles. The summed E-state index contributed by atoms with van der Waals surface area (Å²) in [6, 6.07) is 0.470. The molecule has 2 atom stereocenters. The van der Waals surface area contributed by atoms with Crippen LogP contribution >= 0.6 is 0 Å². The van der Waals surface area contributed by atoms with E-state index in [1.165, 1.54) is 0 Å². The summed E-state index contributed by atoms with van der Waals surface area (Å²) >= 11 is 0. The molecule has 1 amide bonds. The lowest BCUT2D eigenvalue weighted by Crippen LogP contribution is -2.54. The molecule has 2 N–H and O–H groups in total. The fourth-order valence-corrected chi connectivity index (χ4v) is 1.74. The van der Waals surface area contributed by atoms with Crippen LogP contribution < -0.4 is 10.6 Å².